The summed E-state index contributed by atoms with van der Waals surface area (Å²) in [5, 5.41) is 2.13. The summed E-state index contributed by atoms with van der Waals surface area (Å²) in [5.41, 5.74) is -1.47. The van der Waals surface area contributed by atoms with Crippen molar-refractivity contribution < 1.29 is 41.0 Å². The van der Waals surface area contributed by atoms with E-state index in [0.717, 1.165) is 52.8 Å². The molecule has 2 aliphatic carbocycles. The average molecular weight is 722 g/mol. The van der Waals surface area contributed by atoms with Crippen LogP contribution >= 0.6 is 0 Å². The van der Waals surface area contributed by atoms with E-state index >= 15 is 8.78 Å². The maximum atomic E-state index is 15.8. The standard InChI is InChI=1S/C42H44F5NO4/c1-51-41(42(45,46)47,35-13-3-2-4-14-35)39(50)52-37-24-21-34(28-40(37,43)44)38(49)48(26-25-31-17-20-32-11-7-8-12-33(32)27-31)36-22-18-30(19-23-36)16-15-29-9-5-6-10-29/h2-4,7-8,11-14,17-20,22-23,27,29,34,37H,5-6,9-10,15-16,21,24-26,28H2,1H3/t34-,37-,41-/m0/s1. The lowest BCUT2D eigenvalue weighted by Gasteiger charge is -2.39. The van der Waals surface area contributed by atoms with E-state index in [1.807, 2.05) is 66.7 Å². The highest BCUT2D eigenvalue weighted by atomic mass is 19.4. The van der Waals surface area contributed by atoms with E-state index in [0.29, 0.717) is 19.2 Å². The molecule has 2 saturated carbocycles. The van der Waals surface area contributed by atoms with Crippen LogP contribution < -0.4 is 4.90 Å². The third kappa shape index (κ3) is 8.02. The Hall–Kier alpha value is -4.31. The van der Waals surface area contributed by atoms with Gasteiger partial charge in [0, 0.05) is 37.2 Å². The molecule has 4 aromatic rings. The highest BCUT2D eigenvalue weighted by molar-refractivity contribution is 5.95. The molecule has 0 aromatic heterocycles. The number of carbonyl (C=O) groups is 2. The second kappa shape index (κ2) is 15.7. The Morgan fingerprint density at radius 3 is 2.10 bits per heavy atom. The number of rotatable bonds is 12. The number of ether oxygens (including phenoxy) is 2. The van der Waals surface area contributed by atoms with Crippen molar-refractivity contribution >= 4 is 28.3 Å². The van der Waals surface area contributed by atoms with E-state index in [2.05, 4.69) is 0 Å². The van der Waals surface area contributed by atoms with Gasteiger partial charge in [-0.1, -0.05) is 111 Å². The summed E-state index contributed by atoms with van der Waals surface area (Å²) in [7, 11) is 0.685. The summed E-state index contributed by atoms with van der Waals surface area (Å²) < 4.78 is 84.6. The fraction of sp³-hybridized carbons (Fsp3) is 0.429. The van der Waals surface area contributed by atoms with Crippen molar-refractivity contribution in [1.29, 1.82) is 0 Å². The Labute approximate surface area is 301 Å². The Bertz CT molecular complexity index is 1820. The van der Waals surface area contributed by atoms with Crippen molar-refractivity contribution in [2.45, 2.75) is 88.0 Å². The largest absolute Gasteiger partial charge is 0.453 e. The molecule has 0 bridgehead atoms. The first-order valence-corrected chi connectivity index (χ1v) is 18.1. The first kappa shape index (κ1) is 37.4. The number of hydrogen-bond acceptors (Lipinski definition) is 4. The van der Waals surface area contributed by atoms with Crippen LogP contribution in [0.5, 0.6) is 0 Å². The van der Waals surface area contributed by atoms with Crippen LogP contribution in [0.25, 0.3) is 10.8 Å². The Balaban J connectivity index is 1.19. The summed E-state index contributed by atoms with van der Waals surface area (Å²) in [4.78, 5) is 28.9. The minimum atomic E-state index is -5.31. The number of nitrogens with zero attached hydrogens (tertiary/aromatic N) is 1. The molecule has 0 aliphatic heterocycles. The molecule has 0 radical (unpaired) electrons. The molecule has 5 nitrogen and oxygen atoms in total. The molecular formula is C42H44F5NO4. The second-order valence-corrected chi connectivity index (χ2v) is 14.2. The van der Waals surface area contributed by atoms with Crippen molar-refractivity contribution in [3.63, 3.8) is 0 Å². The number of benzene rings is 4. The highest BCUT2D eigenvalue weighted by Crippen LogP contribution is 2.46. The first-order chi connectivity index (χ1) is 24.9. The van der Waals surface area contributed by atoms with Gasteiger partial charge in [0.2, 0.25) is 5.91 Å². The SMILES string of the molecule is CO[C@](C(=O)O[C@H]1CC[C@H](C(=O)N(CCc2ccc3ccccc3c2)c2ccc(CCC3CCCC3)cc2)CC1(F)F)(c1ccccc1)C(F)(F)F. The summed E-state index contributed by atoms with van der Waals surface area (Å²) in [5.74, 6) is -6.67. The number of carbonyl (C=O) groups excluding carboxylic acids is 2. The lowest BCUT2D eigenvalue weighted by molar-refractivity contribution is -0.283. The third-order valence-corrected chi connectivity index (χ3v) is 10.8. The summed E-state index contributed by atoms with van der Waals surface area (Å²) in [6.07, 6.45) is -1.50. The van der Waals surface area contributed by atoms with E-state index in [4.69, 9.17) is 9.47 Å². The predicted molar refractivity (Wildman–Crippen MR) is 190 cm³/mol. The molecule has 0 heterocycles. The van der Waals surface area contributed by atoms with Gasteiger partial charge in [-0.3, -0.25) is 4.79 Å². The molecule has 3 atom stereocenters. The minimum Gasteiger partial charge on any atom is -0.453 e. The zero-order valence-electron chi connectivity index (χ0n) is 29.2. The zero-order valence-corrected chi connectivity index (χ0v) is 29.2. The Kier molecular flexibility index (Phi) is 11.3. The number of aryl methyl sites for hydroxylation is 1. The number of anilines is 1. The van der Waals surface area contributed by atoms with E-state index in [-0.39, 0.29) is 13.0 Å². The molecule has 0 spiro atoms. The van der Waals surface area contributed by atoms with E-state index in [1.165, 1.54) is 48.8 Å². The fourth-order valence-electron chi connectivity index (χ4n) is 7.82. The normalized spacial score (nSPS) is 20.3. The van der Waals surface area contributed by atoms with Crippen LogP contribution in [0.4, 0.5) is 27.6 Å². The van der Waals surface area contributed by atoms with Crippen LogP contribution in [0.3, 0.4) is 0 Å². The fourth-order valence-corrected chi connectivity index (χ4v) is 7.82. The molecule has 2 fully saturated rings. The number of methoxy groups -OCH3 is 1. The van der Waals surface area contributed by atoms with Crippen LogP contribution in [-0.2, 0) is 37.5 Å². The maximum absolute atomic E-state index is 15.8. The lowest BCUT2D eigenvalue weighted by atomic mass is 9.83. The quantitative estimate of drug-likeness (QED) is 0.108. The number of amides is 1. The van der Waals surface area contributed by atoms with Crippen LogP contribution in [0.1, 0.15) is 68.1 Å². The van der Waals surface area contributed by atoms with Crippen molar-refractivity contribution in [2.75, 3.05) is 18.6 Å². The molecule has 4 aromatic carbocycles. The molecule has 1 amide bonds. The van der Waals surface area contributed by atoms with Crippen molar-refractivity contribution in [3.8, 4) is 0 Å². The van der Waals surface area contributed by atoms with Crippen LogP contribution in [0.2, 0.25) is 0 Å². The van der Waals surface area contributed by atoms with Crippen LogP contribution in [0.15, 0.2) is 97.1 Å². The van der Waals surface area contributed by atoms with Gasteiger partial charge in [-0.2, -0.15) is 13.2 Å². The number of hydrogen-bond donors (Lipinski definition) is 0. The summed E-state index contributed by atoms with van der Waals surface area (Å²) in [6.45, 7) is 0.234. The Morgan fingerprint density at radius 1 is 0.788 bits per heavy atom. The van der Waals surface area contributed by atoms with E-state index < -0.39 is 60.0 Å². The van der Waals surface area contributed by atoms with Gasteiger partial charge in [0.1, 0.15) is 0 Å². The topological polar surface area (TPSA) is 55.8 Å². The molecular weight excluding hydrogens is 677 g/mol. The Morgan fingerprint density at radius 2 is 1.44 bits per heavy atom. The average Bonchev–Trinajstić information content (AvgIpc) is 3.66. The van der Waals surface area contributed by atoms with Gasteiger partial charge < -0.3 is 14.4 Å². The molecule has 0 unspecified atom stereocenters. The minimum absolute atomic E-state index is 0.102. The third-order valence-electron chi connectivity index (χ3n) is 10.8. The predicted octanol–water partition coefficient (Wildman–Crippen LogP) is 9.99. The first-order valence-electron chi connectivity index (χ1n) is 18.1. The van der Waals surface area contributed by atoms with Gasteiger partial charge >= 0.3 is 12.1 Å². The zero-order chi connectivity index (χ0) is 36.9. The van der Waals surface area contributed by atoms with Crippen LogP contribution in [0, 0.1) is 11.8 Å². The molecule has 0 saturated heterocycles. The van der Waals surface area contributed by atoms with Gasteiger partial charge in [0.25, 0.3) is 11.5 Å². The van der Waals surface area contributed by atoms with Gasteiger partial charge in [-0.05, 0) is 72.1 Å². The molecule has 2 aliphatic rings. The molecule has 276 valence electrons. The smallest absolute Gasteiger partial charge is 0.432 e. The monoisotopic (exact) mass is 721 g/mol. The van der Waals surface area contributed by atoms with Gasteiger partial charge in [-0.15, -0.1) is 0 Å². The van der Waals surface area contributed by atoms with Gasteiger partial charge in [-0.25, -0.2) is 13.6 Å². The lowest BCUT2D eigenvalue weighted by Crippen LogP contribution is -2.55. The number of halogens is 5. The molecule has 0 N–H and O–H groups in total. The molecule has 10 heteroatoms. The number of fused-ring (bicyclic) bond motifs is 1. The maximum Gasteiger partial charge on any atom is 0.432 e. The van der Waals surface area contributed by atoms with E-state index in [9.17, 15) is 22.8 Å². The summed E-state index contributed by atoms with van der Waals surface area (Å²) in [6, 6.07) is 27.7. The number of esters is 1. The van der Waals surface area contributed by atoms with Crippen molar-refractivity contribution in [2.24, 2.45) is 11.8 Å². The van der Waals surface area contributed by atoms with Gasteiger partial charge in [0.15, 0.2) is 6.10 Å². The highest BCUT2D eigenvalue weighted by Gasteiger charge is 2.65. The number of alkyl halides is 5. The van der Waals surface area contributed by atoms with Crippen molar-refractivity contribution in [3.05, 3.63) is 114 Å². The van der Waals surface area contributed by atoms with Crippen molar-refractivity contribution in [1.82, 2.24) is 0 Å². The molecule has 52 heavy (non-hydrogen) atoms. The van der Waals surface area contributed by atoms with Crippen LogP contribution in [-0.4, -0.2) is 43.7 Å². The van der Waals surface area contributed by atoms with E-state index in [1.54, 1.807) is 0 Å². The second-order valence-electron chi connectivity index (χ2n) is 14.2. The summed E-state index contributed by atoms with van der Waals surface area (Å²) >= 11 is 0. The van der Waals surface area contributed by atoms with Gasteiger partial charge in [0.05, 0.1) is 0 Å². The molecule has 6 rings (SSSR count).